The van der Waals surface area contributed by atoms with E-state index in [4.69, 9.17) is 14.6 Å². The van der Waals surface area contributed by atoms with Crippen molar-refractivity contribution in [1.82, 2.24) is 34.7 Å². The second-order valence-corrected chi connectivity index (χ2v) is 10.5. The highest BCUT2D eigenvalue weighted by atomic mass is 16.5. The molecule has 38 heavy (non-hydrogen) atoms. The lowest BCUT2D eigenvalue weighted by atomic mass is 10.0. The number of rotatable bonds is 5. The number of hydrogen-bond donors (Lipinski definition) is 2. The summed E-state index contributed by atoms with van der Waals surface area (Å²) >= 11 is 0. The number of fused-ring (bicyclic) bond motifs is 4. The molecule has 1 aliphatic heterocycles. The van der Waals surface area contributed by atoms with E-state index in [9.17, 15) is 5.11 Å². The van der Waals surface area contributed by atoms with E-state index in [1.165, 1.54) is 0 Å². The number of aromatic nitrogens is 6. The van der Waals surface area contributed by atoms with Crippen LogP contribution in [0.15, 0.2) is 24.4 Å². The fourth-order valence-electron chi connectivity index (χ4n) is 4.93. The summed E-state index contributed by atoms with van der Waals surface area (Å²) in [6.07, 6.45) is 5.81. The predicted molar refractivity (Wildman–Crippen MR) is 148 cm³/mol. The van der Waals surface area contributed by atoms with E-state index in [0.717, 1.165) is 51.4 Å². The van der Waals surface area contributed by atoms with Crippen LogP contribution < -0.4 is 9.47 Å². The van der Waals surface area contributed by atoms with Crippen LogP contribution in [-0.2, 0) is 20.1 Å². The molecule has 0 spiro atoms. The molecular formula is C28H37N7O3. The van der Waals surface area contributed by atoms with E-state index in [-0.39, 0.29) is 6.10 Å². The summed E-state index contributed by atoms with van der Waals surface area (Å²) in [5.41, 5.74) is 4.64. The van der Waals surface area contributed by atoms with E-state index in [1.807, 2.05) is 49.1 Å². The van der Waals surface area contributed by atoms with Crippen LogP contribution in [0.2, 0.25) is 0 Å². The van der Waals surface area contributed by atoms with E-state index in [2.05, 4.69) is 40.1 Å². The number of aryl methyl sites for hydroxylation is 1. The maximum Gasteiger partial charge on any atom is 0.240 e. The zero-order chi connectivity index (χ0) is 27.0. The van der Waals surface area contributed by atoms with Crippen LogP contribution >= 0.6 is 0 Å². The predicted octanol–water partition coefficient (Wildman–Crippen LogP) is 4.10. The van der Waals surface area contributed by atoms with Gasteiger partial charge in [-0.3, -0.25) is 14.7 Å². The molecule has 2 N–H and O–H groups in total. The minimum Gasteiger partial charge on any atom is -0.476 e. The number of aliphatic hydroxyl groups is 1. The Morgan fingerprint density at radius 3 is 2.79 bits per heavy atom. The number of aromatic amines is 1. The topological polar surface area (TPSA) is 106 Å². The van der Waals surface area contributed by atoms with Gasteiger partial charge in [0.2, 0.25) is 11.8 Å². The van der Waals surface area contributed by atoms with E-state index in [0.29, 0.717) is 32.1 Å². The molecule has 1 aromatic carbocycles. The van der Waals surface area contributed by atoms with Crippen LogP contribution in [0.4, 0.5) is 0 Å². The number of nitrogens with zero attached hydrogens (tertiary/aromatic N) is 6. The van der Waals surface area contributed by atoms with E-state index in [1.54, 1.807) is 18.5 Å². The average Bonchev–Trinajstić information content (AvgIpc) is 3.52. The van der Waals surface area contributed by atoms with Gasteiger partial charge >= 0.3 is 0 Å². The highest BCUT2D eigenvalue weighted by Gasteiger charge is 2.25. The minimum atomic E-state index is -0.941. The number of benzene rings is 1. The van der Waals surface area contributed by atoms with Crippen molar-refractivity contribution >= 4 is 23.1 Å². The van der Waals surface area contributed by atoms with Crippen molar-refractivity contribution in [2.75, 3.05) is 19.7 Å². The van der Waals surface area contributed by atoms with Gasteiger partial charge in [0.05, 0.1) is 53.0 Å². The third-order valence-corrected chi connectivity index (χ3v) is 6.73. The molecule has 0 radical (unpaired) electrons. The molecule has 10 nitrogen and oxygen atoms in total. The van der Waals surface area contributed by atoms with Crippen molar-refractivity contribution in [3.8, 4) is 22.9 Å². The lowest BCUT2D eigenvalue weighted by molar-refractivity contribution is 0.0550. The maximum absolute atomic E-state index is 10.7. The van der Waals surface area contributed by atoms with Gasteiger partial charge in [0.15, 0.2) is 0 Å². The number of ether oxygens (including phenoxy) is 2. The summed E-state index contributed by atoms with van der Waals surface area (Å²) < 4.78 is 16.1. The summed E-state index contributed by atoms with van der Waals surface area (Å²) in [5.74, 6) is 1.28. The molecule has 2 bridgehead atoms. The van der Waals surface area contributed by atoms with Crippen LogP contribution in [0.25, 0.3) is 34.2 Å². The zero-order valence-electron chi connectivity index (χ0n) is 23.0. The number of nitrogens with one attached hydrogen (secondary N) is 1. The van der Waals surface area contributed by atoms with Gasteiger partial charge in [0.1, 0.15) is 6.10 Å². The molecular weight excluding hydrogens is 482 g/mol. The van der Waals surface area contributed by atoms with Gasteiger partial charge in [-0.05, 0) is 64.1 Å². The highest BCUT2D eigenvalue weighted by Crippen LogP contribution is 2.34. The van der Waals surface area contributed by atoms with Gasteiger partial charge in [-0.1, -0.05) is 13.0 Å². The van der Waals surface area contributed by atoms with E-state index < -0.39 is 5.60 Å². The molecule has 0 saturated heterocycles. The van der Waals surface area contributed by atoms with Gasteiger partial charge in [0, 0.05) is 25.5 Å². The molecule has 3 aromatic heterocycles. The Balaban J connectivity index is 1.70. The molecule has 0 aliphatic carbocycles. The standard InChI is InChI=1S/C28H37N7O3/c1-7-34-15-18(3)38-27-22(14-29-33(27)6)19-9-11-23-21(13-19)24(31-30-23)12-10-20-25(16-34)35(17-28(4,5)36)32-26(20)37-8-2/h9-14,18,36H,7-8,15-17H2,1-6H3,(H,30,31)/b12-10+/t18-/m0/s1. The third kappa shape index (κ3) is 5.19. The zero-order valence-corrected chi connectivity index (χ0v) is 23.0. The maximum atomic E-state index is 10.7. The van der Waals surface area contributed by atoms with Gasteiger partial charge in [0.25, 0.3) is 0 Å². The summed E-state index contributed by atoms with van der Waals surface area (Å²) in [5, 5.41) is 28.6. The molecule has 202 valence electrons. The smallest absolute Gasteiger partial charge is 0.240 e. The molecule has 4 aromatic rings. The van der Waals surface area contributed by atoms with Crippen molar-refractivity contribution < 1.29 is 14.6 Å². The SMILES string of the molecule is CCOc1nn(CC(C)(C)O)c2c1/C=C/c1[nH]nc3ccc(cc13)-c1cnn(C)c1O[C@@H](C)CN(CC)C2. The van der Waals surface area contributed by atoms with Crippen molar-refractivity contribution in [3.63, 3.8) is 0 Å². The van der Waals surface area contributed by atoms with Gasteiger partial charge in [-0.25, -0.2) is 4.68 Å². The molecule has 0 amide bonds. The minimum absolute atomic E-state index is 0.0987. The van der Waals surface area contributed by atoms with Crippen molar-refractivity contribution in [2.45, 2.75) is 59.4 Å². The fourth-order valence-corrected chi connectivity index (χ4v) is 4.93. The third-order valence-electron chi connectivity index (χ3n) is 6.73. The lowest BCUT2D eigenvalue weighted by Crippen LogP contribution is -2.35. The highest BCUT2D eigenvalue weighted by molar-refractivity contribution is 5.93. The lowest BCUT2D eigenvalue weighted by Gasteiger charge is -2.26. The normalized spacial score (nSPS) is 17.5. The van der Waals surface area contributed by atoms with Crippen molar-refractivity contribution in [1.29, 1.82) is 0 Å². The van der Waals surface area contributed by atoms with Crippen LogP contribution in [0.1, 0.15) is 51.6 Å². The molecule has 4 heterocycles. The summed E-state index contributed by atoms with van der Waals surface area (Å²) in [6.45, 7) is 12.7. The van der Waals surface area contributed by atoms with Gasteiger partial charge < -0.3 is 14.6 Å². The van der Waals surface area contributed by atoms with Crippen LogP contribution in [-0.4, -0.2) is 71.2 Å². The largest absolute Gasteiger partial charge is 0.476 e. The number of H-pyrrole nitrogens is 1. The Kier molecular flexibility index (Phi) is 7.02. The Labute approximate surface area is 222 Å². The van der Waals surface area contributed by atoms with Crippen molar-refractivity contribution in [2.24, 2.45) is 7.05 Å². The van der Waals surface area contributed by atoms with Crippen LogP contribution in [0.5, 0.6) is 11.8 Å². The Morgan fingerprint density at radius 1 is 1.24 bits per heavy atom. The van der Waals surface area contributed by atoms with Gasteiger partial charge in [-0.2, -0.15) is 10.2 Å². The molecule has 0 fully saturated rings. The molecule has 1 atom stereocenters. The van der Waals surface area contributed by atoms with Crippen LogP contribution in [0, 0.1) is 0 Å². The second-order valence-electron chi connectivity index (χ2n) is 10.5. The second kappa shape index (κ2) is 10.3. The summed E-state index contributed by atoms with van der Waals surface area (Å²) in [7, 11) is 1.90. The number of hydrogen-bond acceptors (Lipinski definition) is 7. The number of likely N-dealkylation sites (N-methyl/N-ethyl adjacent to an activating group) is 1. The Hall–Kier alpha value is -3.63. The molecule has 0 saturated carbocycles. The monoisotopic (exact) mass is 519 g/mol. The van der Waals surface area contributed by atoms with E-state index >= 15 is 0 Å². The van der Waals surface area contributed by atoms with Gasteiger partial charge in [-0.15, -0.1) is 5.10 Å². The first-order valence-electron chi connectivity index (χ1n) is 13.2. The first-order valence-corrected chi connectivity index (χ1v) is 13.2. The van der Waals surface area contributed by atoms with Crippen LogP contribution in [0.3, 0.4) is 0 Å². The average molecular weight is 520 g/mol. The first-order chi connectivity index (χ1) is 18.2. The first kappa shape index (κ1) is 26.0. The molecule has 0 unspecified atom stereocenters. The van der Waals surface area contributed by atoms with Crippen molar-refractivity contribution in [3.05, 3.63) is 41.3 Å². The fraction of sp³-hybridized carbons (Fsp3) is 0.464. The Bertz CT molecular complexity index is 1460. The summed E-state index contributed by atoms with van der Waals surface area (Å²) in [6, 6.07) is 6.18. The Morgan fingerprint density at radius 2 is 2.05 bits per heavy atom. The molecule has 10 heteroatoms. The summed E-state index contributed by atoms with van der Waals surface area (Å²) in [4.78, 5) is 2.32. The molecule has 5 rings (SSSR count). The molecule has 1 aliphatic rings. The quantitative estimate of drug-likeness (QED) is 0.409.